The highest BCUT2D eigenvalue weighted by Crippen LogP contribution is 2.14. The Morgan fingerprint density at radius 1 is 1.31 bits per heavy atom. The van der Waals surface area contributed by atoms with Gasteiger partial charge in [0.05, 0.1) is 11.0 Å². The lowest BCUT2D eigenvalue weighted by atomic mass is 10.2. The molecule has 0 amide bonds. The van der Waals surface area contributed by atoms with E-state index in [1.807, 2.05) is 18.2 Å². The van der Waals surface area contributed by atoms with E-state index < -0.39 is 0 Å². The molecule has 0 radical (unpaired) electrons. The van der Waals surface area contributed by atoms with Gasteiger partial charge in [-0.2, -0.15) is 0 Å². The molecule has 0 spiro atoms. The number of H-pyrrole nitrogens is 2. The van der Waals surface area contributed by atoms with E-state index in [1.165, 1.54) is 0 Å². The molecule has 1 aromatic heterocycles. The molecule has 0 saturated heterocycles. The summed E-state index contributed by atoms with van der Waals surface area (Å²) >= 11 is 0. The summed E-state index contributed by atoms with van der Waals surface area (Å²) in [6.45, 7) is 1.05. The maximum Gasteiger partial charge on any atom is 0.323 e. The summed E-state index contributed by atoms with van der Waals surface area (Å²) in [5.74, 6) is 0. The molecular formula is C10H15N5O. The number of fused-ring (bicyclic) bond motifs is 1. The quantitative estimate of drug-likeness (QED) is 0.481. The first-order chi connectivity index (χ1) is 7.69. The van der Waals surface area contributed by atoms with E-state index >= 15 is 0 Å². The van der Waals surface area contributed by atoms with Crippen molar-refractivity contribution in [2.45, 2.75) is 6.04 Å². The van der Waals surface area contributed by atoms with Gasteiger partial charge < -0.3 is 26.8 Å². The van der Waals surface area contributed by atoms with Crippen molar-refractivity contribution in [3.8, 4) is 0 Å². The third kappa shape index (κ3) is 2.23. The molecule has 6 heteroatoms. The number of anilines is 1. The predicted molar refractivity (Wildman–Crippen MR) is 64.4 cm³/mol. The fourth-order valence-electron chi connectivity index (χ4n) is 1.47. The minimum Gasteiger partial charge on any atom is -0.383 e. The summed E-state index contributed by atoms with van der Waals surface area (Å²) in [6.07, 6.45) is 0. The maximum absolute atomic E-state index is 11.0. The largest absolute Gasteiger partial charge is 0.383 e. The molecule has 0 aliphatic heterocycles. The van der Waals surface area contributed by atoms with E-state index in [9.17, 15) is 4.79 Å². The Kier molecular flexibility index (Phi) is 2.93. The van der Waals surface area contributed by atoms with Gasteiger partial charge in [0.2, 0.25) is 0 Å². The molecule has 1 unspecified atom stereocenters. The zero-order chi connectivity index (χ0) is 11.5. The summed E-state index contributed by atoms with van der Waals surface area (Å²) < 4.78 is 0. The summed E-state index contributed by atoms with van der Waals surface area (Å²) in [5.41, 5.74) is 13.4. The molecule has 0 aliphatic rings. The van der Waals surface area contributed by atoms with Crippen LogP contribution in [-0.4, -0.2) is 29.1 Å². The summed E-state index contributed by atoms with van der Waals surface area (Å²) in [6, 6.07) is 5.51. The van der Waals surface area contributed by atoms with E-state index in [0.29, 0.717) is 13.1 Å². The SMILES string of the molecule is NCC(N)CNc1ccc2[nH]c(=O)[nH]c2c1. The van der Waals surface area contributed by atoms with Crippen molar-refractivity contribution in [3.63, 3.8) is 0 Å². The molecule has 86 valence electrons. The van der Waals surface area contributed by atoms with Crippen LogP contribution in [0.15, 0.2) is 23.0 Å². The lowest BCUT2D eigenvalue weighted by molar-refractivity contribution is 0.713. The smallest absolute Gasteiger partial charge is 0.323 e. The number of rotatable bonds is 4. The Balaban J connectivity index is 2.16. The van der Waals surface area contributed by atoms with Gasteiger partial charge in [0.15, 0.2) is 0 Å². The van der Waals surface area contributed by atoms with Crippen LogP contribution in [0, 0.1) is 0 Å². The van der Waals surface area contributed by atoms with Crippen LogP contribution in [0.4, 0.5) is 5.69 Å². The highest BCUT2D eigenvalue weighted by atomic mass is 16.1. The van der Waals surface area contributed by atoms with Gasteiger partial charge in [-0.3, -0.25) is 0 Å². The van der Waals surface area contributed by atoms with Crippen molar-refractivity contribution < 1.29 is 0 Å². The van der Waals surface area contributed by atoms with Gasteiger partial charge in [-0.25, -0.2) is 4.79 Å². The first-order valence-electron chi connectivity index (χ1n) is 5.10. The number of nitrogens with two attached hydrogens (primary N) is 2. The molecule has 16 heavy (non-hydrogen) atoms. The zero-order valence-electron chi connectivity index (χ0n) is 8.79. The van der Waals surface area contributed by atoms with E-state index in [2.05, 4.69) is 15.3 Å². The molecule has 6 nitrogen and oxygen atoms in total. The monoisotopic (exact) mass is 221 g/mol. The molecule has 7 N–H and O–H groups in total. The molecule has 1 atom stereocenters. The van der Waals surface area contributed by atoms with E-state index in [-0.39, 0.29) is 11.7 Å². The molecule has 0 bridgehead atoms. The van der Waals surface area contributed by atoms with Crippen LogP contribution < -0.4 is 22.5 Å². The van der Waals surface area contributed by atoms with Crippen molar-refractivity contribution in [2.24, 2.45) is 11.5 Å². The minimum absolute atomic E-state index is 0.0685. The number of nitrogens with one attached hydrogen (secondary N) is 3. The number of hydrogen-bond acceptors (Lipinski definition) is 4. The minimum atomic E-state index is -0.203. The van der Waals surface area contributed by atoms with Crippen LogP contribution in [0.2, 0.25) is 0 Å². The standard InChI is InChI=1S/C10H15N5O/c11-4-6(12)5-13-7-1-2-8-9(3-7)15-10(16)14-8/h1-3,6,13H,4-5,11-12H2,(H2,14,15,16). The van der Waals surface area contributed by atoms with Crippen molar-refractivity contribution in [3.05, 3.63) is 28.7 Å². The molecule has 0 aliphatic carbocycles. The summed E-state index contributed by atoms with van der Waals surface area (Å²) in [7, 11) is 0. The molecule has 1 aromatic carbocycles. The van der Waals surface area contributed by atoms with Crippen molar-refractivity contribution in [1.82, 2.24) is 9.97 Å². The summed E-state index contributed by atoms with van der Waals surface area (Å²) in [4.78, 5) is 16.4. The van der Waals surface area contributed by atoms with Gasteiger partial charge in [0, 0.05) is 24.8 Å². The second-order valence-electron chi connectivity index (χ2n) is 3.72. The molecule has 0 fully saturated rings. The first-order valence-corrected chi connectivity index (χ1v) is 5.10. The number of hydrogen-bond donors (Lipinski definition) is 5. The Morgan fingerprint density at radius 2 is 2.06 bits per heavy atom. The van der Waals surface area contributed by atoms with Gasteiger partial charge in [-0.1, -0.05) is 0 Å². The topological polar surface area (TPSA) is 113 Å². The Bertz CT molecular complexity index is 529. The first kappa shape index (κ1) is 10.7. The zero-order valence-corrected chi connectivity index (χ0v) is 8.79. The van der Waals surface area contributed by atoms with Gasteiger partial charge >= 0.3 is 5.69 Å². The average molecular weight is 221 g/mol. The third-order valence-electron chi connectivity index (χ3n) is 2.39. The number of imidazole rings is 1. The normalized spacial score (nSPS) is 12.9. The van der Waals surface area contributed by atoms with Crippen LogP contribution in [0.1, 0.15) is 0 Å². The second-order valence-corrected chi connectivity index (χ2v) is 3.72. The Hall–Kier alpha value is -1.79. The second kappa shape index (κ2) is 4.38. The highest BCUT2D eigenvalue weighted by molar-refractivity contribution is 5.78. The molecule has 1 heterocycles. The third-order valence-corrected chi connectivity index (χ3v) is 2.39. The van der Waals surface area contributed by atoms with Crippen molar-refractivity contribution in [2.75, 3.05) is 18.4 Å². The fraction of sp³-hybridized carbons (Fsp3) is 0.300. The molecule has 2 aromatic rings. The van der Waals surface area contributed by atoms with Crippen molar-refractivity contribution >= 4 is 16.7 Å². The molecular weight excluding hydrogens is 206 g/mol. The van der Waals surface area contributed by atoms with Gasteiger partial charge in [0.1, 0.15) is 0 Å². The van der Waals surface area contributed by atoms with E-state index in [0.717, 1.165) is 16.7 Å². The van der Waals surface area contributed by atoms with E-state index in [1.54, 1.807) is 0 Å². The fourth-order valence-corrected chi connectivity index (χ4v) is 1.47. The predicted octanol–water partition coefficient (Wildman–Crippen LogP) is -0.446. The van der Waals surface area contributed by atoms with Gasteiger partial charge in [-0.05, 0) is 18.2 Å². The van der Waals surface area contributed by atoms with Crippen LogP contribution in [0.5, 0.6) is 0 Å². The van der Waals surface area contributed by atoms with E-state index in [4.69, 9.17) is 11.5 Å². The lowest BCUT2D eigenvalue weighted by Gasteiger charge is -2.11. The Morgan fingerprint density at radius 3 is 2.81 bits per heavy atom. The van der Waals surface area contributed by atoms with Gasteiger partial charge in [0.25, 0.3) is 0 Å². The van der Waals surface area contributed by atoms with Crippen LogP contribution >= 0.6 is 0 Å². The molecule has 2 rings (SSSR count). The average Bonchev–Trinajstić information content (AvgIpc) is 2.65. The van der Waals surface area contributed by atoms with Crippen LogP contribution in [-0.2, 0) is 0 Å². The number of aromatic amines is 2. The van der Waals surface area contributed by atoms with Crippen LogP contribution in [0.3, 0.4) is 0 Å². The van der Waals surface area contributed by atoms with Crippen LogP contribution in [0.25, 0.3) is 11.0 Å². The molecule has 0 saturated carbocycles. The Labute approximate surface area is 92.0 Å². The maximum atomic E-state index is 11.0. The number of aromatic nitrogens is 2. The summed E-state index contributed by atoms with van der Waals surface area (Å²) in [5, 5.41) is 3.16. The van der Waals surface area contributed by atoms with Crippen molar-refractivity contribution in [1.29, 1.82) is 0 Å². The highest BCUT2D eigenvalue weighted by Gasteiger charge is 2.01. The van der Waals surface area contributed by atoms with Gasteiger partial charge in [-0.15, -0.1) is 0 Å². The number of benzene rings is 1. The lowest BCUT2D eigenvalue weighted by Crippen LogP contribution is -2.36.